The third kappa shape index (κ3) is 5.75. The zero-order chi connectivity index (χ0) is 21.5. The molecule has 2 N–H and O–H groups in total. The smallest absolute Gasteiger partial charge is 0.258 e. The Morgan fingerprint density at radius 2 is 1.57 bits per heavy atom. The predicted molar refractivity (Wildman–Crippen MR) is 124 cm³/mol. The van der Waals surface area contributed by atoms with Crippen LogP contribution in [0.2, 0.25) is 10.0 Å². The van der Waals surface area contributed by atoms with E-state index in [0.29, 0.717) is 33.5 Å². The van der Waals surface area contributed by atoms with Crippen molar-refractivity contribution in [3.63, 3.8) is 0 Å². The Labute approximate surface area is 185 Å². The molecular formula is C23H21Cl2N3O2. The molecule has 0 spiro atoms. The van der Waals surface area contributed by atoms with Crippen molar-refractivity contribution in [2.45, 2.75) is 6.92 Å². The number of amides is 2. The molecule has 5 nitrogen and oxygen atoms in total. The Morgan fingerprint density at radius 1 is 0.867 bits per heavy atom. The largest absolute Gasteiger partial charge is 0.376 e. The second-order valence-corrected chi connectivity index (χ2v) is 7.40. The van der Waals surface area contributed by atoms with E-state index >= 15 is 0 Å². The van der Waals surface area contributed by atoms with Crippen molar-refractivity contribution < 1.29 is 9.59 Å². The molecule has 3 rings (SSSR count). The van der Waals surface area contributed by atoms with Crippen molar-refractivity contribution in [3.8, 4) is 0 Å². The van der Waals surface area contributed by atoms with Crippen LogP contribution in [0, 0.1) is 0 Å². The van der Waals surface area contributed by atoms with Crippen molar-refractivity contribution in [3.05, 3.63) is 88.4 Å². The molecule has 30 heavy (non-hydrogen) atoms. The maximum atomic E-state index is 13.0. The van der Waals surface area contributed by atoms with Crippen LogP contribution in [-0.2, 0) is 4.79 Å². The molecule has 0 unspecified atom stereocenters. The van der Waals surface area contributed by atoms with Gasteiger partial charge in [-0.15, -0.1) is 0 Å². The van der Waals surface area contributed by atoms with Crippen molar-refractivity contribution in [2.24, 2.45) is 0 Å². The molecule has 0 atom stereocenters. The van der Waals surface area contributed by atoms with Gasteiger partial charge in [0.2, 0.25) is 5.91 Å². The third-order valence-electron chi connectivity index (χ3n) is 4.34. The fourth-order valence-corrected chi connectivity index (χ4v) is 3.51. The van der Waals surface area contributed by atoms with E-state index in [4.69, 9.17) is 23.2 Å². The lowest BCUT2D eigenvalue weighted by Crippen LogP contribution is -2.30. The number of para-hydroxylation sites is 1. The van der Waals surface area contributed by atoms with Gasteiger partial charge in [-0.05, 0) is 55.5 Å². The predicted octanol–water partition coefficient (Wildman–Crippen LogP) is 5.71. The van der Waals surface area contributed by atoms with Gasteiger partial charge in [-0.25, -0.2) is 0 Å². The lowest BCUT2D eigenvalue weighted by Gasteiger charge is -2.21. The van der Waals surface area contributed by atoms with Gasteiger partial charge < -0.3 is 15.5 Å². The Bertz CT molecular complexity index is 1020. The summed E-state index contributed by atoms with van der Waals surface area (Å²) in [7, 11) is 0. The number of nitrogens with zero attached hydrogens (tertiary/aromatic N) is 1. The summed E-state index contributed by atoms with van der Waals surface area (Å²) >= 11 is 11.9. The molecular weight excluding hydrogens is 421 g/mol. The maximum absolute atomic E-state index is 13.0. The molecule has 7 heteroatoms. The van der Waals surface area contributed by atoms with Gasteiger partial charge in [0.1, 0.15) is 0 Å². The van der Waals surface area contributed by atoms with Gasteiger partial charge >= 0.3 is 0 Å². The van der Waals surface area contributed by atoms with Gasteiger partial charge in [0, 0.05) is 39.2 Å². The minimum atomic E-state index is -0.260. The van der Waals surface area contributed by atoms with Crippen LogP contribution in [0.1, 0.15) is 17.3 Å². The molecule has 2 amide bonds. The summed E-state index contributed by atoms with van der Waals surface area (Å²) in [6, 6.07) is 21.4. The van der Waals surface area contributed by atoms with Crippen LogP contribution in [0.15, 0.2) is 72.8 Å². The molecule has 0 heterocycles. The summed E-state index contributed by atoms with van der Waals surface area (Å²) in [6.07, 6.45) is 0. The Kier molecular flexibility index (Phi) is 7.33. The second kappa shape index (κ2) is 10.1. The monoisotopic (exact) mass is 441 g/mol. The van der Waals surface area contributed by atoms with Gasteiger partial charge in [0.15, 0.2) is 0 Å². The first-order valence-corrected chi connectivity index (χ1v) is 10.2. The van der Waals surface area contributed by atoms with Crippen LogP contribution in [-0.4, -0.2) is 24.9 Å². The summed E-state index contributed by atoms with van der Waals surface area (Å²) in [6.45, 7) is 2.50. The highest BCUT2D eigenvalue weighted by Gasteiger charge is 2.16. The van der Waals surface area contributed by atoms with Crippen LogP contribution in [0.3, 0.4) is 0 Å². The van der Waals surface area contributed by atoms with E-state index in [2.05, 4.69) is 10.6 Å². The van der Waals surface area contributed by atoms with Crippen LogP contribution in [0.5, 0.6) is 0 Å². The topological polar surface area (TPSA) is 61.4 Å². The zero-order valence-electron chi connectivity index (χ0n) is 16.4. The molecule has 0 aliphatic carbocycles. The summed E-state index contributed by atoms with van der Waals surface area (Å²) in [4.78, 5) is 26.9. The Balaban J connectivity index is 1.65. The van der Waals surface area contributed by atoms with Crippen molar-refractivity contribution >= 4 is 52.1 Å². The molecule has 0 fully saturated rings. The number of halogens is 2. The van der Waals surface area contributed by atoms with Crippen molar-refractivity contribution in [2.75, 3.05) is 28.6 Å². The molecule has 3 aromatic carbocycles. The number of nitrogens with one attached hydrogen (secondary N) is 2. The minimum absolute atomic E-state index is 0.0257. The van der Waals surface area contributed by atoms with Crippen LogP contribution >= 0.6 is 23.2 Å². The highest BCUT2D eigenvalue weighted by Crippen LogP contribution is 2.22. The van der Waals surface area contributed by atoms with Crippen LogP contribution in [0.25, 0.3) is 0 Å². The van der Waals surface area contributed by atoms with Crippen molar-refractivity contribution in [1.29, 1.82) is 0 Å². The van der Waals surface area contributed by atoms with Crippen molar-refractivity contribution in [1.82, 2.24) is 0 Å². The normalized spacial score (nSPS) is 10.4. The molecule has 0 aliphatic heterocycles. The maximum Gasteiger partial charge on any atom is 0.258 e. The van der Waals surface area contributed by atoms with E-state index in [1.807, 2.05) is 37.3 Å². The van der Waals surface area contributed by atoms with Gasteiger partial charge in [-0.2, -0.15) is 0 Å². The zero-order valence-corrected chi connectivity index (χ0v) is 17.9. The third-order valence-corrected chi connectivity index (χ3v) is 4.77. The molecule has 0 aromatic heterocycles. The van der Waals surface area contributed by atoms with Crippen LogP contribution in [0.4, 0.5) is 17.1 Å². The van der Waals surface area contributed by atoms with E-state index in [0.717, 1.165) is 5.69 Å². The number of rotatable bonds is 7. The number of hydrogen-bond acceptors (Lipinski definition) is 3. The molecule has 0 saturated carbocycles. The van der Waals surface area contributed by atoms with E-state index in [1.165, 1.54) is 0 Å². The van der Waals surface area contributed by atoms with Gasteiger partial charge in [-0.1, -0.05) is 47.5 Å². The van der Waals surface area contributed by atoms with Gasteiger partial charge in [0.05, 0.1) is 6.54 Å². The Morgan fingerprint density at radius 3 is 2.23 bits per heavy atom. The molecule has 154 valence electrons. The van der Waals surface area contributed by atoms with Gasteiger partial charge in [0.25, 0.3) is 5.91 Å². The van der Waals surface area contributed by atoms with E-state index in [-0.39, 0.29) is 18.4 Å². The molecule has 0 saturated heterocycles. The molecule has 0 radical (unpaired) electrons. The van der Waals surface area contributed by atoms with E-state index in [1.54, 1.807) is 47.4 Å². The molecule has 0 aliphatic rings. The van der Waals surface area contributed by atoms with E-state index < -0.39 is 0 Å². The molecule has 0 bridgehead atoms. The number of anilines is 3. The summed E-state index contributed by atoms with van der Waals surface area (Å²) < 4.78 is 0. The second-order valence-electron chi connectivity index (χ2n) is 6.53. The summed E-state index contributed by atoms with van der Waals surface area (Å²) in [5.41, 5.74) is 2.56. The summed E-state index contributed by atoms with van der Waals surface area (Å²) in [5.74, 6) is -0.366. The Hall–Kier alpha value is -3.02. The highest BCUT2D eigenvalue weighted by atomic mass is 35.5. The standard InChI is InChI=1S/C23H21Cl2N3O2/c1-2-28(21-9-4-3-5-10-21)23(30)16-7-6-8-19(11-16)26-15-22(29)27-20-13-17(24)12-18(25)14-20/h3-14,26H,2,15H2,1H3,(H,27,29). The minimum Gasteiger partial charge on any atom is -0.376 e. The van der Waals surface area contributed by atoms with Gasteiger partial charge in [-0.3, -0.25) is 9.59 Å². The molecule has 3 aromatic rings. The lowest BCUT2D eigenvalue weighted by molar-refractivity contribution is -0.114. The fourth-order valence-electron chi connectivity index (χ4n) is 2.98. The first-order valence-electron chi connectivity index (χ1n) is 9.43. The van der Waals surface area contributed by atoms with Crippen LogP contribution < -0.4 is 15.5 Å². The SMILES string of the molecule is CCN(C(=O)c1cccc(NCC(=O)Nc2cc(Cl)cc(Cl)c2)c1)c1ccccc1. The number of carbonyl (C=O) groups excluding carboxylic acids is 2. The van der Waals surface area contributed by atoms with E-state index in [9.17, 15) is 9.59 Å². The fraction of sp³-hybridized carbons (Fsp3) is 0.130. The first kappa shape index (κ1) is 21.7. The highest BCUT2D eigenvalue weighted by molar-refractivity contribution is 6.35. The first-order chi connectivity index (χ1) is 14.5. The average molecular weight is 442 g/mol. The average Bonchev–Trinajstić information content (AvgIpc) is 2.73. The lowest BCUT2D eigenvalue weighted by atomic mass is 10.1. The quantitative estimate of drug-likeness (QED) is 0.493. The number of hydrogen-bond donors (Lipinski definition) is 2. The number of carbonyl (C=O) groups is 2. The summed E-state index contributed by atoms with van der Waals surface area (Å²) in [5, 5.41) is 6.65. The number of benzene rings is 3.